The molecule has 0 aromatic carbocycles. The number of carboxylic acids is 1. The molecule has 0 rings (SSSR count). The first-order valence-electron chi connectivity index (χ1n) is 24.7. The minimum atomic E-state index is -0.880. The Kier molecular flexibility index (Phi) is 41.0. The number of carbonyl (C=O) groups excluding carboxylic acids is 2. The van der Waals surface area contributed by atoms with Crippen LogP contribution in [0.5, 0.6) is 0 Å². The normalized spacial score (nSPS) is 13.3. The molecule has 0 radical (unpaired) electrons. The molecule has 0 fully saturated rings. The van der Waals surface area contributed by atoms with Gasteiger partial charge >= 0.3 is 17.9 Å². The van der Waals surface area contributed by atoms with E-state index in [1.165, 1.54) is 103 Å². The van der Waals surface area contributed by atoms with Gasteiger partial charge in [-0.3, -0.25) is 9.59 Å². The van der Waals surface area contributed by atoms with Crippen LogP contribution in [-0.4, -0.2) is 80.6 Å². The summed E-state index contributed by atoms with van der Waals surface area (Å²) < 4.78 is 17.3. The molecule has 2 atom stereocenters. The number of ether oxygens (including phenoxy) is 3. The lowest BCUT2D eigenvalue weighted by Crippen LogP contribution is -2.50. The van der Waals surface area contributed by atoms with Crippen molar-refractivity contribution in [2.45, 2.75) is 225 Å². The summed E-state index contributed by atoms with van der Waals surface area (Å²) in [6.07, 6.45) is 51.5. The summed E-state index contributed by atoms with van der Waals surface area (Å²) in [6, 6.07) is -0.621. The van der Waals surface area contributed by atoms with Crippen LogP contribution in [0.2, 0.25) is 0 Å². The molecule has 2 unspecified atom stereocenters. The Hall–Kier alpha value is -2.71. The van der Waals surface area contributed by atoms with Gasteiger partial charge in [0.1, 0.15) is 6.61 Å². The highest BCUT2D eigenvalue weighted by Gasteiger charge is 2.31. The fraction of sp³-hybridized carbons (Fsp3) is 0.788. The van der Waals surface area contributed by atoms with Gasteiger partial charge in [0, 0.05) is 19.3 Å². The number of nitrogens with zero attached hydrogens (tertiary/aromatic N) is 1. The van der Waals surface area contributed by atoms with Crippen LogP contribution in [0.4, 0.5) is 0 Å². The first-order chi connectivity index (χ1) is 29.1. The molecule has 0 aliphatic carbocycles. The molecule has 0 amide bonds. The molecule has 0 spiro atoms. The minimum Gasteiger partial charge on any atom is -0.477 e. The predicted octanol–water partition coefficient (Wildman–Crippen LogP) is 14.0. The molecular formula is C52H94NO7+. The van der Waals surface area contributed by atoms with Gasteiger partial charge in [0.15, 0.2) is 12.1 Å². The molecule has 0 aromatic rings. The molecule has 0 heterocycles. The highest BCUT2D eigenvalue weighted by molar-refractivity contribution is 5.72. The quantitative estimate of drug-likeness (QED) is 0.0282. The van der Waals surface area contributed by atoms with Gasteiger partial charge in [-0.1, -0.05) is 178 Å². The van der Waals surface area contributed by atoms with E-state index in [9.17, 15) is 19.5 Å². The topological polar surface area (TPSA) is 99.1 Å². The maximum absolute atomic E-state index is 12.8. The van der Waals surface area contributed by atoms with E-state index in [2.05, 4.69) is 62.5 Å². The number of carboxylic acid groups (broad SMARTS) is 1. The van der Waals surface area contributed by atoms with Crippen molar-refractivity contribution in [3.8, 4) is 0 Å². The van der Waals surface area contributed by atoms with Crippen molar-refractivity contribution in [3.63, 3.8) is 0 Å². The molecule has 60 heavy (non-hydrogen) atoms. The van der Waals surface area contributed by atoms with Gasteiger partial charge in [-0.2, -0.15) is 0 Å². The molecule has 0 aliphatic rings. The van der Waals surface area contributed by atoms with Crippen LogP contribution in [-0.2, 0) is 28.6 Å². The Morgan fingerprint density at radius 1 is 0.500 bits per heavy atom. The van der Waals surface area contributed by atoms with Crippen LogP contribution in [0.1, 0.15) is 213 Å². The number of allylic oxidation sites excluding steroid dienone is 8. The van der Waals surface area contributed by atoms with E-state index >= 15 is 0 Å². The van der Waals surface area contributed by atoms with Gasteiger partial charge in [-0.25, -0.2) is 4.79 Å². The van der Waals surface area contributed by atoms with E-state index in [4.69, 9.17) is 14.2 Å². The van der Waals surface area contributed by atoms with E-state index in [0.29, 0.717) is 19.3 Å². The third-order valence-electron chi connectivity index (χ3n) is 11.0. The highest BCUT2D eigenvalue weighted by atomic mass is 16.6. The summed E-state index contributed by atoms with van der Waals surface area (Å²) in [5.74, 6) is -1.50. The number of likely N-dealkylation sites (N-methyl/N-ethyl adjacent to an activating group) is 1. The zero-order chi connectivity index (χ0) is 44.2. The molecule has 8 nitrogen and oxygen atoms in total. The number of rotatable bonds is 44. The second-order valence-corrected chi connectivity index (χ2v) is 17.8. The molecule has 1 N–H and O–H groups in total. The fourth-order valence-electron chi connectivity index (χ4n) is 7.13. The van der Waals surface area contributed by atoms with E-state index in [1.807, 2.05) is 21.1 Å². The zero-order valence-electron chi connectivity index (χ0n) is 39.7. The maximum Gasteiger partial charge on any atom is 0.362 e. The Labute approximate surface area is 369 Å². The lowest BCUT2D eigenvalue weighted by atomic mass is 10.1. The first-order valence-corrected chi connectivity index (χ1v) is 24.7. The van der Waals surface area contributed by atoms with Crippen LogP contribution in [0.15, 0.2) is 48.6 Å². The number of unbranched alkanes of at least 4 members (excludes halogenated alkanes) is 24. The standard InChI is InChI=1S/C52H93NO7/c1-6-8-10-12-14-16-18-20-22-24-26-28-30-32-34-36-38-40-42-50(54)59-47-48(46-58-45-44-49(52(56)57)53(3,4)5)60-51(55)43-41-39-37-35-33-31-29-27-25-23-21-19-17-15-13-11-9-7-2/h22-29,48-49H,6-21,30-47H2,1-5H3/p+1/b24-22+,25-23+,28-26+,29-27+. The third-order valence-corrected chi connectivity index (χ3v) is 11.0. The average molecular weight is 845 g/mol. The van der Waals surface area contributed by atoms with E-state index < -0.39 is 18.1 Å². The summed E-state index contributed by atoms with van der Waals surface area (Å²) >= 11 is 0. The first kappa shape index (κ1) is 57.3. The number of esters is 2. The Balaban J connectivity index is 4.34. The van der Waals surface area contributed by atoms with Crippen molar-refractivity contribution >= 4 is 17.9 Å². The largest absolute Gasteiger partial charge is 0.477 e. The Morgan fingerprint density at radius 2 is 0.867 bits per heavy atom. The van der Waals surface area contributed by atoms with Crippen LogP contribution in [0, 0.1) is 0 Å². The summed E-state index contributed by atoms with van der Waals surface area (Å²) in [6.45, 7) is 4.71. The van der Waals surface area contributed by atoms with Crippen molar-refractivity contribution in [2.24, 2.45) is 0 Å². The van der Waals surface area contributed by atoms with Crippen LogP contribution in [0.25, 0.3) is 0 Å². The summed E-state index contributed by atoms with van der Waals surface area (Å²) in [7, 11) is 5.52. The van der Waals surface area contributed by atoms with Gasteiger partial charge in [0.2, 0.25) is 0 Å². The number of aliphatic carboxylic acids is 1. The van der Waals surface area contributed by atoms with Gasteiger partial charge in [-0.15, -0.1) is 0 Å². The fourth-order valence-corrected chi connectivity index (χ4v) is 7.13. The minimum absolute atomic E-state index is 0.0494. The van der Waals surface area contributed by atoms with E-state index in [0.717, 1.165) is 77.0 Å². The molecule has 0 saturated heterocycles. The summed E-state index contributed by atoms with van der Waals surface area (Å²) in [5, 5.41) is 9.64. The number of hydrogen-bond donors (Lipinski definition) is 1. The molecular weight excluding hydrogens is 751 g/mol. The number of hydrogen-bond acceptors (Lipinski definition) is 6. The van der Waals surface area contributed by atoms with E-state index in [-0.39, 0.29) is 36.2 Å². The molecule has 0 aromatic heterocycles. The van der Waals surface area contributed by atoms with Crippen molar-refractivity contribution in [1.82, 2.24) is 0 Å². The molecule has 8 heteroatoms. The van der Waals surface area contributed by atoms with Crippen molar-refractivity contribution in [3.05, 3.63) is 48.6 Å². The molecule has 0 bridgehead atoms. The van der Waals surface area contributed by atoms with Gasteiger partial charge < -0.3 is 23.8 Å². The number of quaternary nitrogens is 1. The van der Waals surface area contributed by atoms with Gasteiger partial charge in [0.25, 0.3) is 0 Å². The predicted molar refractivity (Wildman–Crippen MR) is 252 cm³/mol. The maximum atomic E-state index is 12.8. The molecule has 0 saturated carbocycles. The smallest absolute Gasteiger partial charge is 0.362 e. The van der Waals surface area contributed by atoms with Gasteiger partial charge in [0.05, 0.1) is 34.4 Å². The highest BCUT2D eigenvalue weighted by Crippen LogP contribution is 2.14. The van der Waals surface area contributed by atoms with Crippen LogP contribution >= 0.6 is 0 Å². The van der Waals surface area contributed by atoms with Crippen LogP contribution < -0.4 is 0 Å². The second kappa shape index (κ2) is 43.0. The van der Waals surface area contributed by atoms with Crippen molar-refractivity contribution in [1.29, 1.82) is 0 Å². The van der Waals surface area contributed by atoms with Crippen LogP contribution in [0.3, 0.4) is 0 Å². The Morgan fingerprint density at radius 3 is 1.25 bits per heavy atom. The summed E-state index contributed by atoms with van der Waals surface area (Å²) in [4.78, 5) is 37.1. The van der Waals surface area contributed by atoms with Crippen molar-refractivity contribution < 1.29 is 38.2 Å². The third kappa shape index (κ3) is 40.7. The average Bonchev–Trinajstić information content (AvgIpc) is 3.21. The zero-order valence-corrected chi connectivity index (χ0v) is 39.7. The van der Waals surface area contributed by atoms with Gasteiger partial charge in [-0.05, 0) is 64.2 Å². The second-order valence-electron chi connectivity index (χ2n) is 17.8. The Bertz CT molecular complexity index is 1120. The monoisotopic (exact) mass is 845 g/mol. The SMILES string of the molecule is CCCCCCCCC/C=C/C=C/CCCCCCCC(=O)OCC(COCCC(C(=O)O)[N+](C)(C)C)OC(=O)CCCCCCC/C=C/C=C/CCCCCCCCC. The van der Waals surface area contributed by atoms with Crippen molar-refractivity contribution in [2.75, 3.05) is 41.0 Å². The molecule has 348 valence electrons. The summed E-state index contributed by atoms with van der Waals surface area (Å²) in [5.41, 5.74) is 0. The molecule has 0 aliphatic heterocycles. The lowest BCUT2D eigenvalue weighted by Gasteiger charge is -2.31. The van der Waals surface area contributed by atoms with E-state index in [1.54, 1.807) is 0 Å². The lowest BCUT2D eigenvalue weighted by molar-refractivity contribution is -0.887. The number of carbonyl (C=O) groups is 3.